The fourth-order valence-electron chi connectivity index (χ4n) is 6.72. The van der Waals surface area contributed by atoms with Crippen LogP contribution in [0.5, 0.6) is 5.75 Å². The third-order valence-corrected chi connectivity index (χ3v) is 9.04. The highest BCUT2D eigenvalue weighted by Crippen LogP contribution is 2.50. The molecule has 10 heteroatoms. The molecule has 3 N–H and O–H groups in total. The lowest BCUT2D eigenvalue weighted by molar-refractivity contribution is -0.144. The molecule has 1 unspecified atom stereocenters. The summed E-state index contributed by atoms with van der Waals surface area (Å²) < 4.78 is 23.5. The van der Waals surface area contributed by atoms with Gasteiger partial charge in [-0.25, -0.2) is 9.37 Å². The quantitative estimate of drug-likeness (QED) is 0.290. The number of nitriles is 1. The Morgan fingerprint density at radius 1 is 1.23 bits per heavy atom. The number of ether oxygens (including phenoxy) is 1. The van der Waals surface area contributed by atoms with E-state index in [0.717, 1.165) is 10.8 Å². The third-order valence-electron chi connectivity index (χ3n) is 9.04. The van der Waals surface area contributed by atoms with Gasteiger partial charge in [0.05, 0.1) is 18.4 Å². The van der Waals surface area contributed by atoms with Crippen molar-refractivity contribution in [3.05, 3.63) is 59.4 Å². The van der Waals surface area contributed by atoms with Crippen LogP contribution in [0.4, 0.5) is 15.9 Å². The molecule has 1 amide bonds. The molecule has 3 aliphatic heterocycles. The number of hydrogen-bond acceptors (Lipinski definition) is 8. The Morgan fingerprint density at radius 2 is 2.05 bits per heavy atom. The van der Waals surface area contributed by atoms with E-state index < -0.39 is 11.4 Å². The first-order valence-corrected chi connectivity index (χ1v) is 14.7. The summed E-state index contributed by atoms with van der Waals surface area (Å²) in [7, 11) is 4.05. The van der Waals surface area contributed by atoms with Crippen molar-refractivity contribution >= 4 is 39.1 Å². The molecule has 3 aliphatic rings. The molecule has 0 bridgehead atoms. The van der Waals surface area contributed by atoms with Crippen LogP contribution in [0.1, 0.15) is 24.0 Å². The number of morpholine rings is 1. The van der Waals surface area contributed by atoms with Gasteiger partial charge in [0.2, 0.25) is 0 Å². The van der Waals surface area contributed by atoms with E-state index in [-0.39, 0.29) is 23.7 Å². The minimum atomic E-state index is -1.31. The standard InChI is InChI=1S/C33H33FN6O3/c1-39(2)21-16-40(17-21)31-30-27(33(32(42)38-30)18-36-11-12-43-33)25-14-20(8-5-6-10-35)26(28(34)29(25)37-31)24-15-22(41)13-19-7-3-4-9-23(19)24/h3-4,7,9,13-15,21,36,41H,5-6,8,11-12,16-18H2,1-2H3,(H,38,42). The maximum atomic E-state index is 17.3. The fourth-order valence-corrected chi connectivity index (χ4v) is 6.72. The van der Waals surface area contributed by atoms with Gasteiger partial charge >= 0.3 is 0 Å². The molecule has 1 aromatic heterocycles. The lowest BCUT2D eigenvalue weighted by Gasteiger charge is -2.44. The highest BCUT2D eigenvalue weighted by molar-refractivity contribution is 6.14. The first-order valence-electron chi connectivity index (χ1n) is 14.7. The molecule has 0 saturated carbocycles. The van der Waals surface area contributed by atoms with E-state index in [0.29, 0.717) is 90.7 Å². The zero-order valence-corrected chi connectivity index (χ0v) is 24.2. The summed E-state index contributed by atoms with van der Waals surface area (Å²) >= 11 is 0. The van der Waals surface area contributed by atoms with E-state index in [1.54, 1.807) is 12.1 Å². The molecule has 4 aromatic rings. The first kappa shape index (κ1) is 27.5. The number of benzene rings is 3. The van der Waals surface area contributed by atoms with Gasteiger partial charge in [-0.1, -0.05) is 24.3 Å². The molecular weight excluding hydrogens is 547 g/mol. The lowest BCUT2D eigenvalue weighted by atomic mass is 9.85. The molecule has 1 spiro atoms. The van der Waals surface area contributed by atoms with E-state index in [4.69, 9.17) is 9.72 Å². The zero-order chi connectivity index (χ0) is 29.9. The largest absolute Gasteiger partial charge is 0.508 e. The van der Waals surface area contributed by atoms with E-state index in [1.165, 1.54) is 0 Å². The molecule has 3 aromatic carbocycles. The Labute approximate surface area is 248 Å². The third kappa shape index (κ3) is 4.30. The average molecular weight is 581 g/mol. The molecule has 0 radical (unpaired) electrons. The van der Waals surface area contributed by atoms with Crippen LogP contribution in [0.3, 0.4) is 0 Å². The summed E-state index contributed by atoms with van der Waals surface area (Å²) in [6.45, 7) is 2.59. The summed E-state index contributed by atoms with van der Waals surface area (Å²) in [5, 5.41) is 28.4. The number of aromatic nitrogens is 1. The van der Waals surface area contributed by atoms with Crippen LogP contribution in [-0.2, 0) is 21.6 Å². The van der Waals surface area contributed by atoms with Gasteiger partial charge in [-0.2, -0.15) is 5.26 Å². The van der Waals surface area contributed by atoms with Crippen LogP contribution in [0.15, 0.2) is 42.5 Å². The van der Waals surface area contributed by atoms with Crippen LogP contribution >= 0.6 is 0 Å². The molecule has 7 rings (SSSR count). The van der Waals surface area contributed by atoms with Crippen LogP contribution < -0.4 is 15.5 Å². The van der Waals surface area contributed by atoms with Gasteiger partial charge < -0.3 is 30.3 Å². The Morgan fingerprint density at radius 3 is 2.79 bits per heavy atom. The number of amides is 1. The van der Waals surface area contributed by atoms with Crippen molar-refractivity contribution in [2.24, 2.45) is 0 Å². The number of anilines is 2. The number of carbonyl (C=O) groups is 1. The Balaban J connectivity index is 1.53. The number of carbonyl (C=O) groups excluding carboxylic acids is 1. The SMILES string of the molecule is CN(C)C1CN(c2nc3c(F)c(-c4cc(O)cc5ccccc45)c(CCCC#N)cc3c3c2NC(=O)C32CNCCO2)C1. The number of phenols is 1. The second kappa shape index (κ2) is 10.5. The molecule has 220 valence electrons. The lowest BCUT2D eigenvalue weighted by Crippen LogP contribution is -2.57. The Bertz CT molecular complexity index is 1820. The smallest absolute Gasteiger partial charge is 0.262 e. The number of fused-ring (bicyclic) bond motifs is 5. The van der Waals surface area contributed by atoms with E-state index in [2.05, 4.69) is 26.5 Å². The molecule has 0 aliphatic carbocycles. The van der Waals surface area contributed by atoms with E-state index >= 15 is 4.39 Å². The number of likely N-dealkylation sites (N-methyl/N-ethyl adjacent to an activating group) is 1. The summed E-state index contributed by atoms with van der Waals surface area (Å²) in [6, 6.07) is 15.2. The first-order chi connectivity index (χ1) is 20.8. The predicted octanol–water partition coefficient (Wildman–Crippen LogP) is 4.26. The molecule has 1 atom stereocenters. The van der Waals surface area contributed by atoms with Gasteiger partial charge in [-0.3, -0.25) is 4.79 Å². The van der Waals surface area contributed by atoms with Crippen molar-refractivity contribution in [3.8, 4) is 22.9 Å². The van der Waals surface area contributed by atoms with Crippen molar-refractivity contribution in [3.63, 3.8) is 0 Å². The zero-order valence-electron chi connectivity index (χ0n) is 24.2. The Kier molecular flexibility index (Phi) is 6.69. The maximum Gasteiger partial charge on any atom is 0.262 e. The number of unbranched alkanes of at least 4 members (excludes halogenated alkanes) is 1. The highest BCUT2D eigenvalue weighted by Gasteiger charge is 2.52. The monoisotopic (exact) mass is 580 g/mol. The van der Waals surface area contributed by atoms with E-state index in [9.17, 15) is 15.2 Å². The molecular formula is C33H33FN6O3. The molecule has 2 saturated heterocycles. The van der Waals surface area contributed by atoms with Gasteiger partial charge in [0.25, 0.3) is 5.91 Å². The molecule has 9 nitrogen and oxygen atoms in total. The number of aromatic hydroxyl groups is 1. The number of phenolic OH excluding ortho intramolecular Hbond substituents is 1. The number of halogens is 1. The highest BCUT2D eigenvalue weighted by atomic mass is 19.1. The number of hydrogen-bond donors (Lipinski definition) is 3. The van der Waals surface area contributed by atoms with Crippen molar-refractivity contribution in [2.45, 2.75) is 30.9 Å². The van der Waals surface area contributed by atoms with Crippen molar-refractivity contribution < 1.29 is 19.0 Å². The van der Waals surface area contributed by atoms with Crippen molar-refractivity contribution in [1.82, 2.24) is 15.2 Å². The number of nitrogens with one attached hydrogen (secondary N) is 2. The van der Waals surface area contributed by atoms with Crippen LogP contribution in [0.25, 0.3) is 32.8 Å². The van der Waals surface area contributed by atoms with Crippen LogP contribution in [0.2, 0.25) is 0 Å². The number of aryl methyl sites for hydroxylation is 1. The minimum Gasteiger partial charge on any atom is -0.508 e. The number of rotatable bonds is 6. The molecule has 4 heterocycles. The summed E-state index contributed by atoms with van der Waals surface area (Å²) in [5.74, 6) is -0.246. The van der Waals surface area contributed by atoms with Crippen molar-refractivity contribution in [1.29, 1.82) is 5.26 Å². The summed E-state index contributed by atoms with van der Waals surface area (Å²) in [6.07, 6.45) is 1.27. The Hall–Kier alpha value is -4.30. The minimum absolute atomic E-state index is 0.0320. The van der Waals surface area contributed by atoms with Gasteiger partial charge in [0, 0.05) is 55.2 Å². The van der Waals surface area contributed by atoms with Gasteiger partial charge in [0.1, 0.15) is 11.3 Å². The normalized spacial score (nSPS) is 20.1. The maximum absolute atomic E-state index is 17.3. The second-order valence-corrected chi connectivity index (χ2v) is 11.9. The molecule has 43 heavy (non-hydrogen) atoms. The van der Waals surface area contributed by atoms with Crippen molar-refractivity contribution in [2.75, 3.05) is 57.1 Å². The fraction of sp³-hybridized carbons (Fsp3) is 0.364. The van der Waals surface area contributed by atoms with Gasteiger partial charge in [-0.05, 0) is 67.0 Å². The topological polar surface area (TPSA) is 114 Å². The van der Waals surface area contributed by atoms with Crippen LogP contribution in [-0.4, -0.2) is 73.8 Å². The number of nitrogens with zero attached hydrogens (tertiary/aromatic N) is 4. The average Bonchev–Trinajstić information content (AvgIpc) is 3.24. The second-order valence-electron chi connectivity index (χ2n) is 11.9. The predicted molar refractivity (Wildman–Crippen MR) is 164 cm³/mol. The molecule has 2 fully saturated rings. The summed E-state index contributed by atoms with van der Waals surface area (Å²) in [5.41, 5.74) is 1.59. The van der Waals surface area contributed by atoms with E-state index in [1.807, 2.05) is 44.4 Å². The summed E-state index contributed by atoms with van der Waals surface area (Å²) in [4.78, 5) is 22.8. The number of pyridine rings is 1. The van der Waals surface area contributed by atoms with Crippen LogP contribution in [0, 0.1) is 17.1 Å². The van der Waals surface area contributed by atoms with Gasteiger partial charge in [-0.15, -0.1) is 0 Å². The van der Waals surface area contributed by atoms with Gasteiger partial charge in [0.15, 0.2) is 17.2 Å².